The van der Waals surface area contributed by atoms with E-state index in [0.717, 1.165) is 40.5 Å². The van der Waals surface area contributed by atoms with Crippen LogP contribution in [-0.4, -0.2) is 22.3 Å². The number of rotatable bonds is 3. The highest BCUT2D eigenvalue weighted by Crippen LogP contribution is 2.28. The number of H-pyrrole nitrogens is 1. The van der Waals surface area contributed by atoms with Gasteiger partial charge in [-0.2, -0.15) is 5.10 Å². The Bertz CT molecular complexity index is 508. The Labute approximate surface area is 101 Å². The van der Waals surface area contributed by atoms with E-state index in [9.17, 15) is 0 Å². The molecule has 1 aromatic carbocycles. The zero-order valence-electron chi connectivity index (χ0n) is 10.7. The van der Waals surface area contributed by atoms with E-state index in [-0.39, 0.29) is 0 Å². The van der Waals surface area contributed by atoms with Crippen molar-refractivity contribution in [2.45, 2.75) is 27.2 Å². The molecule has 4 heteroatoms. The first-order chi connectivity index (χ1) is 8.15. The van der Waals surface area contributed by atoms with Crippen LogP contribution in [-0.2, 0) is 6.42 Å². The van der Waals surface area contributed by atoms with Crippen LogP contribution in [0.4, 0.5) is 0 Å². The monoisotopic (exact) mass is 231 g/mol. The summed E-state index contributed by atoms with van der Waals surface area (Å²) in [5.41, 5.74) is 3.23. The molecule has 0 saturated heterocycles. The zero-order chi connectivity index (χ0) is 12.4. The fourth-order valence-electron chi connectivity index (χ4n) is 1.98. The van der Waals surface area contributed by atoms with Gasteiger partial charge in [-0.05, 0) is 37.1 Å². The average Bonchev–Trinajstić information content (AvgIpc) is 2.77. The van der Waals surface area contributed by atoms with Crippen LogP contribution >= 0.6 is 0 Å². The molecule has 0 unspecified atom stereocenters. The van der Waals surface area contributed by atoms with Crippen LogP contribution in [0.25, 0.3) is 11.4 Å². The van der Waals surface area contributed by atoms with Crippen molar-refractivity contribution >= 4 is 0 Å². The standard InChI is InChI=1S/C13H17N3O/c1-5-11-14-13(16-15-11)10-6-8(2)12(17-4)9(3)7-10/h6-7H,5H2,1-4H3,(H,14,15,16). The van der Waals surface area contributed by atoms with Crippen LogP contribution < -0.4 is 4.74 Å². The van der Waals surface area contributed by atoms with E-state index < -0.39 is 0 Å². The van der Waals surface area contributed by atoms with E-state index in [1.807, 2.05) is 13.8 Å². The van der Waals surface area contributed by atoms with Crippen LogP contribution in [0.1, 0.15) is 23.9 Å². The van der Waals surface area contributed by atoms with E-state index >= 15 is 0 Å². The molecule has 1 N–H and O–H groups in total. The second-order valence-electron chi connectivity index (χ2n) is 4.10. The van der Waals surface area contributed by atoms with E-state index in [0.29, 0.717) is 0 Å². The minimum Gasteiger partial charge on any atom is -0.496 e. The molecule has 0 amide bonds. The maximum Gasteiger partial charge on any atom is 0.181 e. The van der Waals surface area contributed by atoms with Crippen LogP contribution in [0.2, 0.25) is 0 Å². The van der Waals surface area contributed by atoms with Crippen molar-refractivity contribution in [1.82, 2.24) is 15.2 Å². The number of methoxy groups -OCH3 is 1. The second kappa shape index (κ2) is 4.57. The third-order valence-corrected chi connectivity index (χ3v) is 2.79. The molecule has 0 aliphatic heterocycles. The summed E-state index contributed by atoms with van der Waals surface area (Å²) in [6.07, 6.45) is 0.862. The fourth-order valence-corrected chi connectivity index (χ4v) is 1.98. The largest absolute Gasteiger partial charge is 0.496 e. The Morgan fingerprint density at radius 1 is 1.24 bits per heavy atom. The highest BCUT2D eigenvalue weighted by Gasteiger charge is 2.10. The Morgan fingerprint density at radius 2 is 1.88 bits per heavy atom. The van der Waals surface area contributed by atoms with Gasteiger partial charge in [0.1, 0.15) is 11.6 Å². The predicted octanol–water partition coefficient (Wildman–Crippen LogP) is 2.66. The molecule has 0 atom stereocenters. The molecular weight excluding hydrogens is 214 g/mol. The minimum atomic E-state index is 0.746. The Kier molecular flexibility index (Phi) is 3.13. The summed E-state index contributed by atoms with van der Waals surface area (Å²) < 4.78 is 5.34. The fraction of sp³-hybridized carbons (Fsp3) is 0.385. The molecule has 0 aliphatic carbocycles. The predicted molar refractivity (Wildman–Crippen MR) is 67.2 cm³/mol. The van der Waals surface area contributed by atoms with Crippen molar-refractivity contribution in [1.29, 1.82) is 0 Å². The summed E-state index contributed by atoms with van der Waals surface area (Å²) in [5.74, 6) is 2.59. The Balaban J connectivity index is 2.46. The molecule has 0 radical (unpaired) electrons. The summed E-state index contributed by atoms with van der Waals surface area (Å²) in [4.78, 5) is 4.43. The van der Waals surface area contributed by atoms with Gasteiger partial charge in [-0.15, -0.1) is 0 Å². The summed E-state index contributed by atoms with van der Waals surface area (Å²) >= 11 is 0. The van der Waals surface area contributed by atoms with Crippen molar-refractivity contribution in [3.63, 3.8) is 0 Å². The third-order valence-electron chi connectivity index (χ3n) is 2.79. The number of aromatic nitrogens is 3. The number of aryl methyl sites for hydroxylation is 3. The van der Waals surface area contributed by atoms with Crippen LogP contribution in [0.5, 0.6) is 5.75 Å². The normalized spacial score (nSPS) is 10.6. The number of nitrogens with zero attached hydrogens (tertiary/aromatic N) is 2. The van der Waals surface area contributed by atoms with Gasteiger partial charge >= 0.3 is 0 Å². The van der Waals surface area contributed by atoms with Gasteiger partial charge in [0.15, 0.2) is 5.82 Å². The number of ether oxygens (including phenoxy) is 1. The van der Waals surface area contributed by atoms with Gasteiger partial charge in [-0.25, -0.2) is 4.98 Å². The van der Waals surface area contributed by atoms with E-state index in [4.69, 9.17) is 4.74 Å². The van der Waals surface area contributed by atoms with Crippen molar-refractivity contribution in [2.75, 3.05) is 7.11 Å². The van der Waals surface area contributed by atoms with Gasteiger partial charge in [0, 0.05) is 12.0 Å². The quantitative estimate of drug-likeness (QED) is 0.883. The van der Waals surface area contributed by atoms with Gasteiger partial charge in [-0.1, -0.05) is 6.92 Å². The molecule has 90 valence electrons. The SMILES string of the molecule is CCc1nc(-c2cc(C)c(OC)c(C)c2)n[nH]1. The number of benzene rings is 1. The maximum absolute atomic E-state index is 5.34. The van der Waals surface area contributed by atoms with Gasteiger partial charge in [0.2, 0.25) is 0 Å². The molecule has 4 nitrogen and oxygen atoms in total. The van der Waals surface area contributed by atoms with E-state index in [1.165, 1.54) is 0 Å². The summed E-state index contributed by atoms with van der Waals surface area (Å²) in [7, 11) is 1.69. The molecule has 0 aliphatic rings. The first-order valence-electron chi connectivity index (χ1n) is 5.72. The molecule has 0 bridgehead atoms. The first kappa shape index (κ1) is 11.6. The van der Waals surface area contributed by atoms with Crippen molar-refractivity contribution in [2.24, 2.45) is 0 Å². The van der Waals surface area contributed by atoms with Gasteiger partial charge < -0.3 is 4.74 Å². The molecule has 0 spiro atoms. The van der Waals surface area contributed by atoms with Crippen LogP contribution in [0.3, 0.4) is 0 Å². The second-order valence-corrected chi connectivity index (χ2v) is 4.10. The van der Waals surface area contributed by atoms with E-state index in [2.05, 4.69) is 34.2 Å². The number of hydrogen-bond acceptors (Lipinski definition) is 3. The lowest BCUT2D eigenvalue weighted by Crippen LogP contribution is -1.93. The Morgan fingerprint density at radius 3 is 2.35 bits per heavy atom. The van der Waals surface area contributed by atoms with Crippen molar-refractivity contribution in [3.05, 3.63) is 29.1 Å². The average molecular weight is 231 g/mol. The lowest BCUT2D eigenvalue weighted by Gasteiger charge is -2.09. The number of hydrogen-bond donors (Lipinski definition) is 1. The van der Waals surface area contributed by atoms with Crippen molar-refractivity contribution < 1.29 is 4.74 Å². The highest BCUT2D eigenvalue weighted by molar-refractivity contribution is 5.61. The molecule has 0 fully saturated rings. The zero-order valence-corrected chi connectivity index (χ0v) is 10.7. The molecule has 2 aromatic rings. The Hall–Kier alpha value is -1.84. The van der Waals surface area contributed by atoms with Gasteiger partial charge in [-0.3, -0.25) is 5.10 Å². The topological polar surface area (TPSA) is 50.8 Å². The number of aromatic amines is 1. The molecular formula is C13H17N3O. The number of nitrogens with one attached hydrogen (secondary N) is 1. The highest BCUT2D eigenvalue weighted by atomic mass is 16.5. The van der Waals surface area contributed by atoms with Crippen LogP contribution in [0.15, 0.2) is 12.1 Å². The van der Waals surface area contributed by atoms with E-state index in [1.54, 1.807) is 7.11 Å². The third kappa shape index (κ3) is 2.16. The molecule has 2 rings (SSSR count). The molecule has 17 heavy (non-hydrogen) atoms. The summed E-state index contributed by atoms with van der Waals surface area (Å²) in [5, 5.41) is 7.15. The lowest BCUT2D eigenvalue weighted by molar-refractivity contribution is 0.408. The van der Waals surface area contributed by atoms with Crippen LogP contribution in [0, 0.1) is 13.8 Å². The van der Waals surface area contributed by atoms with Gasteiger partial charge in [0.25, 0.3) is 0 Å². The summed E-state index contributed by atoms with van der Waals surface area (Å²) in [6, 6.07) is 4.10. The van der Waals surface area contributed by atoms with Crippen molar-refractivity contribution in [3.8, 4) is 17.1 Å². The molecule has 0 saturated carbocycles. The van der Waals surface area contributed by atoms with Gasteiger partial charge in [0.05, 0.1) is 7.11 Å². The first-order valence-corrected chi connectivity index (χ1v) is 5.72. The maximum atomic E-state index is 5.34. The molecule has 1 aromatic heterocycles. The smallest absolute Gasteiger partial charge is 0.181 e. The minimum absolute atomic E-state index is 0.746. The summed E-state index contributed by atoms with van der Waals surface area (Å²) in [6.45, 7) is 6.11. The lowest BCUT2D eigenvalue weighted by atomic mass is 10.1. The molecule has 1 heterocycles.